The molecule has 1 nitrogen and oxygen atoms in total. The number of hydrogen-bond acceptors (Lipinski definition) is 1. The summed E-state index contributed by atoms with van der Waals surface area (Å²) in [7, 11) is 0. The fourth-order valence-electron chi connectivity index (χ4n) is 1.59. The summed E-state index contributed by atoms with van der Waals surface area (Å²) in [5, 5.41) is 0. The zero-order valence-electron chi connectivity index (χ0n) is 7.48. The Labute approximate surface area is 69.0 Å². The zero-order valence-corrected chi connectivity index (χ0v) is 7.48. The van der Waals surface area contributed by atoms with E-state index in [-0.39, 0.29) is 0 Å². The second kappa shape index (κ2) is 3.61. The van der Waals surface area contributed by atoms with E-state index in [4.69, 9.17) is 5.73 Å². The molecule has 0 aliphatic heterocycles. The Morgan fingerprint density at radius 1 is 1.36 bits per heavy atom. The van der Waals surface area contributed by atoms with Crippen molar-refractivity contribution in [2.24, 2.45) is 5.73 Å². The van der Waals surface area contributed by atoms with E-state index >= 15 is 0 Å². The number of rotatable bonds is 2. The van der Waals surface area contributed by atoms with Crippen LogP contribution in [0.15, 0.2) is 22.9 Å². The van der Waals surface area contributed by atoms with Crippen LogP contribution in [0.2, 0.25) is 0 Å². The molecule has 11 heavy (non-hydrogen) atoms. The lowest BCUT2D eigenvalue weighted by Gasteiger charge is -2.16. The maximum atomic E-state index is 5.96. The van der Waals surface area contributed by atoms with E-state index in [1.165, 1.54) is 24.0 Å². The monoisotopic (exact) mass is 151 g/mol. The van der Waals surface area contributed by atoms with Crippen LogP contribution in [0.1, 0.15) is 39.5 Å². The first kappa shape index (κ1) is 8.38. The van der Waals surface area contributed by atoms with Crippen molar-refractivity contribution < 1.29 is 0 Å². The number of hydrogen-bond donors (Lipinski definition) is 1. The highest BCUT2D eigenvalue weighted by Gasteiger charge is 2.09. The van der Waals surface area contributed by atoms with Crippen LogP contribution in [-0.2, 0) is 0 Å². The minimum atomic E-state index is 1.07. The lowest BCUT2D eigenvalue weighted by atomic mass is 9.93. The molecule has 1 heteroatoms. The standard InChI is InChI=1S/C10H17N/c1-3-8-6-5-7-9(4-2)10(8)11/h6H,3-5,7,11H2,1-2H3. The summed E-state index contributed by atoms with van der Waals surface area (Å²) < 4.78 is 0. The summed E-state index contributed by atoms with van der Waals surface area (Å²) in [6, 6.07) is 0. The van der Waals surface area contributed by atoms with Crippen LogP contribution in [0, 0.1) is 0 Å². The second-order valence-corrected chi connectivity index (χ2v) is 2.99. The minimum absolute atomic E-state index is 1.07. The van der Waals surface area contributed by atoms with Crippen molar-refractivity contribution in [3.8, 4) is 0 Å². The van der Waals surface area contributed by atoms with Gasteiger partial charge < -0.3 is 5.73 Å². The van der Waals surface area contributed by atoms with E-state index in [0.717, 1.165) is 18.5 Å². The molecule has 0 fully saturated rings. The van der Waals surface area contributed by atoms with Gasteiger partial charge in [0.15, 0.2) is 0 Å². The van der Waals surface area contributed by atoms with E-state index < -0.39 is 0 Å². The van der Waals surface area contributed by atoms with Crippen LogP contribution < -0.4 is 5.73 Å². The van der Waals surface area contributed by atoms with Crippen molar-refractivity contribution >= 4 is 0 Å². The molecule has 0 aromatic carbocycles. The Hall–Kier alpha value is -0.720. The molecule has 0 saturated carbocycles. The van der Waals surface area contributed by atoms with E-state index in [1.54, 1.807) is 0 Å². The zero-order chi connectivity index (χ0) is 8.27. The van der Waals surface area contributed by atoms with Gasteiger partial charge in [0.05, 0.1) is 0 Å². The van der Waals surface area contributed by atoms with Crippen molar-refractivity contribution in [1.29, 1.82) is 0 Å². The van der Waals surface area contributed by atoms with Crippen LogP contribution in [0.25, 0.3) is 0 Å². The maximum absolute atomic E-state index is 5.96. The highest BCUT2D eigenvalue weighted by atomic mass is 14.6. The van der Waals surface area contributed by atoms with Gasteiger partial charge in [0.25, 0.3) is 0 Å². The molecule has 1 aliphatic carbocycles. The van der Waals surface area contributed by atoms with Crippen LogP contribution in [-0.4, -0.2) is 0 Å². The summed E-state index contributed by atoms with van der Waals surface area (Å²) in [5.41, 5.74) is 9.83. The van der Waals surface area contributed by atoms with E-state index in [2.05, 4.69) is 19.9 Å². The molecule has 0 heterocycles. The third-order valence-corrected chi connectivity index (χ3v) is 2.37. The first-order valence-corrected chi connectivity index (χ1v) is 4.46. The molecular weight excluding hydrogens is 134 g/mol. The van der Waals surface area contributed by atoms with Crippen molar-refractivity contribution in [1.82, 2.24) is 0 Å². The van der Waals surface area contributed by atoms with Crippen molar-refractivity contribution in [3.05, 3.63) is 22.9 Å². The Bertz CT molecular complexity index is 199. The topological polar surface area (TPSA) is 26.0 Å². The molecule has 0 radical (unpaired) electrons. The molecule has 0 amide bonds. The van der Waals surface area contributed by atoms with Gasteiger partial charge >= 0.3 is 0 Å². The molecule has 0 bridgehead atoms. The SMILES string of the molecule is CCC1=CCCC(CC)=C1N. The quantitative estimate of drug-likeness (QED) is 0.645. The predicted octanol–water partition coefficient (Wildman–Crippen LogP) is 2.74. The van der Waals surface area contributed by atoms with Crippen LogP contribution in [0.3, 0.4) is 0 Å². The first-order chi connectivity index (χ1) is 5.29. The Balaban J connectivity index is 2.83. The normalized spacial score (nSPS) is 18.5. The lowest BCUT2D eigenvalue weighted by molar-refractivity contribution is 0.838. The molecule has 0 aromatic rings. The molecular formula is C10H17N. The van der Waals surface area contributed by atoms with Gasteiger partial charge in [-0.3, -0.25) is 0 Å². The summed E-state index contributed by atoms with van der Waals surface area (Å²) >= 11 is 0. The Morgan fingerprint density at radius 2 is 2.09 bits per heavy atom. The number of nitrogens with two attached hydrogens (primary N) is 1. The Kier molecular flexibility index (Phi) is 2.75. The molecule has 1 rings (SSSR count). The second-order valence-electron chi connectivity index (χ2n) is 2.99. The van der Waals surface area contributed by atoms with Crippen LogP contribution >= 0.6 is 0 Å². The molecule has 2 N–H and O–H groups in total. The first-order valence-electron chi connectivity index (χ1n) is 4.46. The van der Waals surface area contributed by atoms with Gasteiger partial charge in [0.2, 0.25) is 0 Å². The maximum Gasteiger partial charge on any atom is 0.0335 e. The molecule has 0 saturated heterocycles. The van der Waals surface area contributed by atoms with Gasteiger partial charge in [0.1, 0.15) is 0 Å². The summed E-state index contributed by atoms with van der Waals surface area (Å²) in [5.74, 6) is 0. The lowest BCUT2D eigenvalue weighted by Crippen LogP contribution is -2.08. The fourth-order valence-corrected chi connectivity index (χ4v) is 1.59. The smallest absolute Gasteiger partial charge is 0.0335 e. The van der Waals surface area contributed by atoms with E-state index in [9.17, 15) is 0 Å². The summed E-state index contributed by atoms with van der Waals surface area (Å²) in [4.78, 5) is 0. The molecule has 1 aliphatic rings. The van der Waals surface area contributed by atoms with Gasteiger partial charge in [-0.05, 0) is 36.8 Å². The fraction of sp³-hybridized carbons (Fsp3) is 0.600. The Morgan fingerprint density at radius 3 is 2.64 bits per heavy atom. The largest absolute Gasteiger partial charge is 0.399 e. The number of allylic oxidation sites excluding steroid dienone is 3. The average Bonchev–Trinajstić information content (AvgIpc) is 2.05. The molecule has 0 atom stereocenters. The van der Waals surface area contributed by atoms with Gasteiger partial charge in [-0.1, -0.05) is 19.9 Å². The van der Waals surface area contributed by atoms with Crippen molar-refractivity contribution in [3.63, 3.8) is 0 Å². The minimum Gasteiger partial charge on any atom is -0.399 e. The molecule has 62 valence electrons. The van der Waals surface area contributed by atoms with E-state index in [0.29, 0.717) is 0 Å². The molecule has 0 aromatic heterocycles. The third-order valence-electron chi connectivity index (χ3n) is 2.37. The highest BCUT2D eigenvalue weighted by Crippen LogP contribution is 2.25. The highest BCUT2D eigenvalue weighted by molar-refractivity contribution is 5.35. The third kappa shape index (κ3) is 1.65. The van der Waals surface area contributed by atoms with Crippen LogP contribution in [0.5, 0.6) is 0 Å². The van der Waals surface area contributed by atoms with Gasteiger partial charge in [-0.15, -0.1) is 0 Å². The molecule has 0 unspecified atom stereocenters. The summed E-state index contributed by atoms with van der Waals surface area (Å²) in [6.07, 6.45) is 6.83. The van der Waals surface area contributed by atoms with Crippen molar-refractivity contribution in [2.45, 2.75) is 39.5 Å². The summed E-state index contributed by atoms with van der Waals surface area (Å²) in [6.45, 7) is 4.35. The van der Waals surface area contributed by atoms with Crippen LogP contribution in [0.4, 0.5) is 0 Å². The average molecular weight is 151 g/mol. The van der Waals surface area contributed by atoms with Gasteiger partial charge in [-0.25, -0.2) is 0 Å². The van der Waals surface area contributed by atoms with E-state index in [1.807, 2.05) is 0 Å². The molecule has 0 spiro atoms. The van der Waals surface area contributed by atoms with Gasteiger partial charge in [0, 0.05) is 5.70 Å². The van der Waals surface area contributed by atoms with Gasteiger partial charge in [-0.2, -0.15) is 0 Å². The predicted molar refractivity (Wildman–Crippen MR) is 49.1 cm³/mol. The van der Waals surface area contributed by atoms with Crippen molar-refractivity contribution in [2.75, 3.05) is 0 Å².